The topological polar surface area (TPSA) is 26.0 Å². The molecule has 84 valence electrons. The molecule has 4 heteroatoms. The van der Waals surface area contributed by atoms with Crippen molar-refractivity contribution in [1.82, 2.24) is 0 Å². The Hall–Kier alpha value is -0.743. The van der Waals surface area contributed by atoms with Crippen molar-refractivity contribution < 1.29 is 8.78 Å². The average molecular weight is 229 g/mol. The van der Waals surface area contributed by atoms with Crippen LogP contribution in [0.4, 0.5) is 8.78 Å². The van der Waals surface area contributed by atoms with Crippen molar-refractivity contribution in [1.29, 1.82) is 0 Å². The maximum atomic E-state index is 13.2. The average Bonchev–Trinajstić information content (AvgIpc) is 2.17. The van der Waals surface area contributed by atoms with Crippen LogP contribution < -0.4 is 5.73 Å². The van der Waals surface area contributed by atoms with E-state index in [1.807, 2.05) is 0 Å². The van der Waals surface area contributed by atoms with Crippen LogP contribution in [0.25, 0.3) is 0 Å². The number of aryl methyl sites for hydroxylation is 1. The molecule has 15 heavy (non-hydrogen) atoms. The predicted molar refractivity (Wildman–Crippen MR) is 61.7 cm³/mol. The van der Waals surface area contributed by atoms with Crippen LogP contribution in [0.3, 0.4) is 0 Å². The molecule has 1 aromatic rings. The van der Waals surface area contributed by atoms with E-state index in [9.17, 15) is 8.78 Å². The van der Waals surface area contributed by atoms with Gasteiger partial charge in [-0.1, -0.05) is 18.5 Å². The summed E-state index contributed by atoms with van der Waals surface area (Å²) < 4.78 is 25.9. The smallest absolute Gasteiger partial charge is 0.129 e. The second-order valence-electron chi connectivity index (χ2n) is 3.96. The predicted octanol–water partition coefficient (Wildman–Crippen LogP) is 1.79. The fraction of sp³-hybridized carbons (Fsp3) is 0.455. The van der Waals surface area contributed by atoms with E-state index in [2.05, 4.69) is 6.92 Å². The Morgan fingerprint density at radius 2 is 2.13 bits per heavy atom. The van der Waals surface area contributed by atoms with Gasteiger partial charge in [-0.3, -0.25) is 0 Å². The molecule has 1 atom stereocenters. The maximum Gasteiger partial charge on any atom is 0.129 e. The summed E-state index contributed by atoms with van der Waals surface area (Å²) in [5.41, 5.74) is 6.72. The van der Waals surface area contributed by atoms with E-state index >= 15 is 0 Å². The lowest BCUT2D eigenvalue weighted by molar-refractivity contribution is 0.568. The van der Waals surface area contributed by atoms with Crippen molar-refractivity contribution in [3.8, 4) is 0 Å². The molecule has 0 aliphatic carbocycles. The van der Waals surface area contributed by atoms with Crippen LogP contribution >= 0.6 is 0 Å². The minimum absolute atomic E-state index is 0.209. The van der Waals surface area contributed by atoms with Crippen molar-refractivity contribution in [2.24, 2.45) is 5.73 Å². The van der Waals surface area contributed by atoms with Gasteiger partial charge in [0.2, 0.25) is 0 Å². The van der Waals surface area contributed by atoms with Gasteiger partial charge in [-0.15, -0.1) is 0 Å². The number of hydrogen-bond acceptors (Lipinski definition) is 1. The van der Waals surface area contributed by atoms with Crippen molar-refractivity contribution in [3.05, 3.63) is 35.4 Å². The fourth-order valence-corrected chi connectivity index (χ4v) is 2.62. The van der Waals surface area contributed by atoms with Crippen LogP contribution in [0.15, 0.2) is 18.2 Å². The highest BCUT2D eigenvalue weighted by Crippen LogP contribution is 2.16. The second-order valence-corrected chi connectivity index (χ2v) is 6.51. The van der Waals surface area contributed by atoms with Gasteiger partial charge < -0.3 is 5.73 Å². The highest BCUT2D eigenvalue weighted by atomic mass is 28.2. The minimum Gasteiger partial charge on any atom is -0.334 e. The number of benzene rings is 1. The van der Waals surface area contributed by atoms with Gasteiger partial charge in [-0.05, 0) is 30.6 Å². The molecule has 0 radical (unpaired) electrons. The Labute approximate surface area is 91.5 Å². The summed E-state index contributed by atoms with van der Waals surface area (Å²) in [7, 11) is -0.209. The summed E-state index contributed by atoms with van der Waals surface area (Å²) in [6.45, 7) is 2.15. The first kappa shape index (κ1) is 12.3. The molecule has 0 aromatic heterocycles. The Balaban J connectivity index is 2.50. The Morgan fingerprint density at radius 1 is 1.40 bits per heavy atom. The van der Waals surface area contributed by atoms with Crippen molar-refractivity contribution in [2.75, 3.05) is 6.17 Å². The molecule has 0 aliphatic heterocycles. The summed E-state index contributed by atoms with van der Waals surface area (Å²) in [6, 6.07) is 3.78. The summed E-state index contributed by atoms with van der Waals surface area (Å²) in [4.78, 5) is 0. The van der Waals surface area contributed by atoms with Crippen LogP contribution in [-0.4, -0.2) is 15.7 Å². The molecule has 0 spiro atoms. The molecule has 0 bridgehead atoms. The number of halogens is 2. The molecule has 0 saturated carbocycles. The van der Waals surface area contributed by atoms with Crippen molar-refractivity contribution >= 4 is 9.52 Å². The maximum absolute atomic E-state index is 13.2. The first-order valence-corrected chi connectivity index (χ1v) is 7.09. The summed E-state index contributed by atoms with van der Waals surface area (Å²) >= 11 is 0. The van der Waals surface area contributed by atoms with Crippen LogP contribution in [0.2, 0.25) is 5.54 Å². The zero-order chi connectivity index (χ0) is 11.3. The van der Waals surface area contributed by atoms with Gasteiger partial charge in [-0.25, -0.2) is 8.78 Å². The molecule has 0 aliphatic rings. The van der Waals surface area contributed by atoms with E-state index in [-0.39, 0.29) is 9.52 Å². The van der Waals surface area contributed by atoms with E-state index < -0.39 is 11.6 Å². The van der Waals surface area contributed by atoms with Gasteiger partial charge in [0.25, 0.3) is 0 Å². The molecule has 2 N–H and O–H groups in total. The third-order valence-electron chi connectivity index (χ3n) is 2.58. The highest BCUT2D eigenvalue weighted by molar-refractivity contribution is 6.37. The Bertz CT molecular complexity index is 317. The van der Waals surface area contributed by atoms with Gasteiger partial charge in [0.15, 0.2) is 0 Å². The monoisotopic (exact) mass is 229 g/mol. The number of rotatable bonds is 5. The molecular weight excluding hydrogens is 212 g/mol. The minimum atomic E-state index is -0.513. The first-order chi connectivity index (χ1) is 7.13. The summed E-state index contributed by atoms with van der Waals surface area (Å²) in [6.07, 6.45) is 2.43. The van der Waals surface area contributed by atoms with Crippen LogP contribution in [-0.2, 0) is 6.42 Å². The summed E-state index contributed by atoms with van der Waals surface area (Å²) in [5.74, 6) is -0.947. The lowest BCUT2D eigenvalue weighted by Gasteiger charge is -2.09. The van der Waals surface area contributed by atoms with Crippen LogP contribution in [0, 0.1) is 11.6 Å². The molecule has 0 amide bonds. The molecular formula is C11H17F2NSi. The molecule has 1 unspecified atom stereocenters. The largest absolute Gasteiger partial charge is 0.334 e. The molecule has 0 heterocycles. The van der Waals surface area contributed by atoms with E-state index in [0.29, 0.717) is 17.5 Å². The van der Waals surface area contributed by atoms with Crippen molar-refractivity contribution in [2.45, 2.75) is 25.3 Å². The van der Waals surface area contributed by atoms with Gasteiger partial charge >= 0.3 is 0 Å². The molecule has 1 nitrogen and oxygen atoms in total. The first-order valence-electron chi connectivity index (χ1n) is 5.27. The lowest BCUT2D eigenvalue weighted by Crippen LogP contribution is -2.13. The Kier molecular flexibility index (Phi) is 4.91. The summed E-state index contributed by atoms with van der Waals surface area (Å²) in [5, 5.41) is 0. The quantitative estimate of drug-likeness (QED) is 0.765. The van der Waals surface area contributed by atoms with Gasteiger partial charge in [0, 0.05) is 15.6 Å². The molecule has 0 saturated heterocycles. The highest BCUT2D eigenvalue weighted by Gasteiger charge is 2.06. The third-order valence-corrected chi connectivity index (χ3v) is 4.31. The second kappa shape index (κ2) is 5.98. The van der Waals surface area contributed by atoms with E-state index in [1.165, 1.54) is 12.1 Å². The lowest BCUT2D eigenvalue weighted by atomic mass is 10.1. The molecule has 1 aromatic carbocycles. The van der Waals surface area contributed by atoms with Crippen molar-refractivity contribution in [3.63, 3.8) is 0 Å². The van der Waals surface area contributed by atoms with Gasteiger partial charge in [0.05, 0.1) is 0 Å². The SMILES string of the molecule is CC(CCc1ccc(F)cc1F)[SiH2]CN. The number of nitrogens with two attached hydrogens (primary N) is 1. The van der Waals surface area contributed by atoms with E-state index in [0.717, 1.165) is 18.7 Å². The number of hydrogen-bond donors (Lipinski definition) is 1. The normalized spacial score (nSPS) is 13.6. The van der Waals surface area contributed by atoms with Gasteiger partial charge in [0.1, 0.15) is 11.6 Å². The van der Waals surface area contributed by atoms with Gasteiger partial charge in [-0.2, -0.15) is 0 Å². The standard InChI is InChI=1S/C11H17F2NSi/c1-8(15-7-14)2-3-9-4-5-10(12)6-11(9)13/h4-6,8H,2-3,7,14-15H2,1H3. The molecule has 1 rings (SSSR count). The van der Waals surface area contributed by atoms with Crippen LogP contribution in [0.5, 0.6) is 0 Å². The molecule has 0 fully saturated rings. The third kappa shape index (κ3) is 4.09. The van der Waals surface area contributed by atoms with E-state index in [4.69, 9.17) is 5.73 Å². The van der Waals surface area contributed by atoms with Crippen LogP contribution in [0.1, 0.15) is 18.9 Å². The van der Waals surface area contributed by atoms with E-state index in [1.54, 1.807) is 0 Å². The Morgan fingerprint density at radius 3 is 2.73 bits per heavy atom. The zero-order valence-corrected chi connectivity index (χ0v) is 10.4. The fourth-order valence-electron chi connectivity index (χ4n) is 1.56. The zero-order valence-electron chi connectivity index (χ0n) is 8.97.